The second-order valence-corrected chi connectivity index (χ2v) is 5.92. The number of carbonyl (C=O) groups is 1. The summed E-state index contributed by atoms with van der Waals surface area (Å²) in [6.07, 6.45) is 5.50. The molecule has 0 radical (unpaired) electrons. The van der Waals surface area contributed by atoms with Gasteiger partial charge in [-0.25, -0.2) is 4.98 Å². The van der Waals surface area contributed by atoms with Crippen molar-refractivity contribution in [2.24, 2.45) is 5.41 Å². The molecule has 1 unspecified atom stereocenters. The van der Waals surface area contributed by atoms with Crippen LogP contribution in [0, 0.1) is 12.3 Å². The summed E-state index contributed by atoms with van der Waals surface area (Å²) < 4.78 is 0. The van der Waals surface area contributed by atoms with Gasteiger partial charge in [0, 0.05) is 12.7 Å². The predicted octanol–water partition coefficient (Wildman–Crippen LogP) is 3.15. The molecule has 0 aliphatic carbocycles. The van der Waals surface area contributed by atoms with Gasteiger partial charge in [-0.3, -0.25) is 4.79 Å². The molecule has 2 heterocycles. The van der Waals surface area contributed by atoms with Gasteiger partial charge >= 0.3 is 0 Å². The summed E-state index contributed by atoms with van der Waals surface area (Å²) in [6.45, 7) is 5.77. The van der Waals surface area contributed by atoms with Crippen LogP contribution in [-0.4, -0.2) is 24.0 Å². The first-order valence-corrected chi connectivity index (χ1v) is 7.60. The molecular formula is C15H22ClN3O. The van der Waals surface area contributed by atoms with E-state index >= 15 is 0 Å². The van der Waals surface area contributed by atoms with Crippen LogP contribution in [0.2, 0.25) is 5.15 Å². The first kappa shape index (κ1) is 15.3. The molecule has 0 aromatic carbocycles. The molecule has 1 atom stereocenters. The molecule has 1 aromatic rings. The molecule has 20 heavy (non-hydrogen) atoms. The van der Waals surface area contributed by atoms with Gasteiger partial charge in [-0.05, 0) is 44.4 Å². The number of hydrogen-bond donors (Lipinski definition) is 2. The van der Waals surface area contributed by atoms with Crippen LogP contribution in [-0.2, 0) is 4.79 Å². The van der Waals surface area contributed by atoms with E-state index in [1.807, 2.05) is 13.0 Å². The number of rotatable bonds is 4. The third kappa shape index (κ3) is 3.13. The predicted molar refractivity (Wildman–Crippen MR) is 82.1 cm³/mol. The Morgan fingerprint density at radius 1 is 1.60 bits per heavy atom. The van der Waals surface area contributed by atoms with Crippen LogP contribution in [0.5, 0.6) is 0 Å². The van der Waals surface area contributed by atoms with Gasteiger partial charge in [0.15, 0.2) is 5.15 Å². The molecule has 0 spiro atoms. The van der Waals surface area contributed by atoms with Crippen LogP contribution in [0.1, 0.15) is 38.2 Å². The fourth-order valence-corrected chi connectivity index (χ4v) is 3.14. The summed E-state index contributed by atoms with van der Waals surface area (Å²) in [5.41, 5.74) is 1.26. The number of nitrogens with one attached hydrogen (secondary N) is 2. The molecule has 1 aliphatic rings. The van der Waals surface area contributed by atoms with E-state index in [-0.39, 0.29) is 11.3 Å². The second kappa shape index (κ2) is 6.55. The molecule has 1 aromatic heterocycles. The fraction of sp³-hybridized carbons (Fsp3) is 0.600. The lowest BCUT2D eigenvalue weighted by molar-refractivity contribution is -0.127. The number of anilines is 1. The summed E-state index contributed by atoms with van der Waals surface area (Å²) in [7, 11) is 0. The highest BCUT2D eigenvalue weighted by molar-refractivity contribution is 6.32. The van der Waals surface area contributed by atoms with Gasteiger partial charge in [-0.2, -0.15) is 0 Å². The molecular weight excluding hydrogens is 274 g/mol. The number of pyridine rings is 1. The maximum atomic E-state index is 12.7. The molecule has 4 nitrogen and oxygen atoms in total. The highest BCUT2D eigenvalue weighted by Crippen LogP contribution is 2.34. The Balaban J connectivity index is 2.20. The van der Waals surface area contributed by atoms with Crippen molar-refractivity contribution in [3.63, 3.8) is 0 Å². The largest absolute Gasteiger partial charge is 0.323 e. The lowest BCUT2D eigenvalue weighted by atomic mass is 9.76. The van der Waals surface area contributed by atoms with Gasteiger partial charge in [0.2, 0.25) is 5.91 Å². The van der Waals surface area contributed by atoms with Crippen molar-refractivity contribution >= 4 is 23.2 Å². The van der Waals surface area contributed by atoms with E-state index < -0.39 is 0 Å². The van der Waals surface area contributed by atoms with E-state index in [1.165, 1.54) is 0 Å². The smallest absolute Gasteiger partial charge is 0.231 e. The lowest BCUT2D eigenvalue weighted by Gasteiger charge is -2.36. The molecule has 5 heteroatoms. The minimum Gasteiger partial charge on any atom is -0.323 e. The Kier molecular flexibility index (Phi) is 5.00. The third-order valence-electron chi connectivity index (χ3n) is 4.03. The van der Waals surface area contributed by atoms with Gasteiger partial charge in [0.05, 0.1) is 11.1 Å². The number of nitrogens with zero attached hydrogens (tertiary/aromatic N) is 1. The molecule has 1 saturated heterocycles. The number of hydrogen-bond acceptors (Lipinski definition) is 3. The topological polar surface area (TPSA) is 54.0 Å². The third-order valence-corrected chi connectivity index (χ3v) is 4.32. The first-order chi connectivity index (χ1) is 9.59. The van der Waals surface area contributed by atoms with Crippen molar-refractivity contribution < 1.29 is 4.79 Å². The maximum absolute atomic E-state index is 12.7. The number of piperidine rings is 1. The van der Waals surface area contributed by atoms with Gasteiger partial charge in [0.1, 0.15) is 0 Å². The molecule has 0 saturated carbocycles. The van der Waals surface area contributed by atoms with E-state index in [1.54, 1.807) is 6.20 Å². The minimum absolute atomic E-state index is 0.0598. The van der Waals surface area contributed by atoms with Crippen LogP contribution < -0.4 is 10.6 Å². The van der Waals surface area contributed by atoms with Gasteiger partial charge < -0.3 is 10.6 Å². The van der Waals surface area contributed by atoms with Gasteiger partial charge in [-0.15, -0.1) is 0 Å². The van der Waals surface area contributed by atoms with Crippen molar-refractivity contribution in [2.45, 2.75) is 39.5 Å². The second-order valence-electron chi connectivity index (χ2n) is 5.56. The molecule has 1 fully saturated rings. The number of carbonyl (C=O) groups excluding carboxylic acids is 1. The zero-order chi connectivity index (χ0) is 14.6. The fourth-order valence-electron chi connectivity index (χ4n) is 2.89. The quantitative estimate of drug-likeness (QED) is 0.839. The maximum Gasteiger partial charge on any atom is 0.231 e. The summed E-state index contributed by atoms with van der Waals surface area (Å²) in [4.78, 5) is 16.8. The average Bonchev–Trinajstić information content (AvgIpc) is 2.44. The van der Waals surface area contributed by atoms with E-state index in [4.69, 9.17) is 11.6 Å². The first-order valence-electron chi connectivity index (χ1n) is 7.22. The molecule has 2 rings (SSSR count). The van der Waals surface area contributed by atoms with E-state index in [2.05, 4.69) is 22.5 Å². The van der Waals surface area contributed by atoms with Gasteiger partial charge in [0.25, 0.3) is 0 Å². The van der Waals surface area contributed by atoms with Crippen molar-refractivity contribution in [1.82, 2.24) is 10.3 Å². The van der Waals surface area contributed by atoms with Crippen LogP contribution in [0.15, 0.2) is 12.3 Å². The summed E-state index contributed by atoms with van der Waals surface area (Å²) in [5, 5.41) is 6.70. The van der Waals surface area contributed by atoms with Crippen molar-refractivity contribution in [2.75, 3.05) is 18.4 Å². The van der Waals surface area contributed by atoms with Crippen LogP contribution in [0.25, 0.3) is 0 Å². The average molecular weight is 296 g/mol. The zero-order valence-electron chi connectivity index (χ0n) is 12.1. The standard InChI is InChI=1S/C15H22ClN3O/c1-3-6-15(7-4-8-17-10-15)14(20)19-12-11(2)5-9-18-13(12)16/h5,9,17H,3-4,6-8,10H2,1-2H3,(H,19,20). The highest BCUT2D eigenvalue weighted by atomic mass is 35.5. The number of aromatic nitrogens is 1. The molecule has 2 N–H and O–H groups in total. The van der Waals surface area contributed by atoms with Gasteiger partial charge in [-0.1, -0.05) is 24.9 Å². The Morgan fingerprint density at radius 2 is 2.40 bits per heavy atom. The number of halogens is 1. The molecule has 1 aliphatic heterocycles. The number of amides is 1. The number of aryl methyl sites for hydroxylation is 1. The van der Waals surface area contributed by atoms with Crippen molar-refractivity contribution in [3.05, 3.63) is 23.0 Å². The Bertz CT molecular complexity index is 458. The summed E-state index contributed by atoms with van der Waals surface area (Å²) >= 11 is 6.09. The highest BCUT2D eigenvalue weighted by Gasteiger charge is 2.39. The Morgan fingerprint density at radius 3 is 3.00 bits per heavy atom. The summed E-state index contributed by atoms with van der Waals surface area (Å²) in [5.74, 6) is 0.0598. The molecule has 1 amide bonds. The van der Waals surface area contributed by atoms with Crippen LogP contribution >= 0.6 is 11.6 Å². The Hall–Kier alpha value is -1.13. The SMILES string of the molecule is CCCC1(C(=O)Nc2c(C)ccnc2Cl)CCCNC1. The Labute approximate surface area is 125 Å². The van der Waals surface area contributed by atoms with Crippen LogP contribution in [0.4, 0.5) is 5.69 Å². The zero-order valence-corrected chi connectivity index (χ0v) is 12.9. The monoisotopic (exact) mass is 295 g/mol. The van der Waals surface area contributed by atoms with E-state index in [0.29, 0.717) is 10.8 Å². The van der Waals surface area contributed by atoms with E-state index in [0.717, 1.165) is 44.3 Å². The van der Waals surface area contributed by atoms with Crippen molar-refractivity contribution in [1.29, 1.82) is 0 Å². The van der Waals surface area contributed by atoms with E-state index in [9.17, 15) is 4.79 Å². The normalized spacial score (nSPS) is 22.6. The lowest BCUT2D eigenvalue weighted by Crippen LogP contribution is -2.48. The van der Waals surface area contributed by atoms with Crippen molar-refractivity contribution in [3.8, 4) is 0 Å². The molecule has 110 valence electrons. The molecule has 0 bridgehead atoms. The summed E-state index contributed by atoms with van der Waals surface area (Å²) in [6, 6.07) is 1.85. The van der Waals surface area contributed by atoms with Crippen LogP contribution in [0.3, 0.4) is 0 Å². The minimum atomic E-state index is -0.321.